The van der Waals surface area contributed by atoms with Crippen LogP contribution in [0.15, 0.2) is 24.3 Å². The molecule has 134 valence electrons. The topological polar surface area (TPSA) is 111 Å². The Labute approximate surface area is 143 Å². The van der Waals surface area contributed by atoms with Gasteiger partial charge in [0.25, 0.3) is 11.8 Å². The standard InChI is InChI=1S/C16H18N2O7/c1-10(15(21)17-16(22)23-2)25-14(20)7-8-18-11-5-3-4-6-12(11)24-9-13(18)19/h3-6,10H,7-9H2,1-2H3,(H,17,21,22)/t10-/m1/s1. The Bertz CT molecular complexity index is 689. The summed E-state index contributed by atoms with van der Waals surface area (Å²) < 4.78 is 14.5. The zero-order valence-electron chi connectivity index (χ0n) is 13.8. The van der Waals surface area contributed by atoms with Crippen molar-refractivity contribution in [2.75, 3.05) is 25.2 Å². The lowest BCUT2D eigenvalue weighted by Crippen LogP contribution is -2.41. The minimum Gasteiger partial charge on any atom is -0.482 e. The fourth-order valence-corrected chi connectivity index (χ4v) is 2.17. The van der Waals surface area contributed by atoms with Crippen molar-refractivity contribution in [1.29, 1.82) is 0 Å². The van der Waals surface area contributed by atoms with Crippen LogP contribution in [0.4, 0.5) is 10.5 Å². The van der Waals surface area contributed by atoms with Gasteiger partial charge >= 0.3 is 12.1 Å². The number of nitrogens with zero attached hydrogens (tertiary/aromatic N) is 1. The molecular formula is C16H18N2O7. The molecule has 3 amide bonds. The number of imide groups is 1. The first-order valence-corrected chi connectivity index (χ1v) is 7.53. The van der Waals surface area contributed by atoms with E-state index in [0.29, 0.717) is 11.4 Å². The summed E-state index contributed by atoms with van der Waals surface area (Å²) in [5, 5.41) is 1.90. The minimum absolute atomic E-state index is 0.0867. The second-order valence-electron chi connectivity index (χ2n) is 5.16. The molecule has 2 rings (SSSR count). The molecule has 0 aliphatic carbocycles. The first-order chi connectivity index (χ1) is 11.9. The average molecular weight is 350 g/mol. The van der Waals surface area contributed by atoms with E-state index in [-0.39, 0.29) is 25.5 Å². The van der Waals surface area contributed by atoms with E-state index >= 15 is 0 Å². The van der Waals surface area contributed by atoms with E-state index < -0.39 is 24.1 Å². The molecule has 1 aliphatic heterocycles. The van der Waals surface area contributed by atoms with Crippen LogP contribution in [-0.2, 0) is 23.9 Å². The Kier molecular flexibility index (Phi) is 5.93. The van der Waals surface area contributed by atoms with Gasteiger partial charge in [-0.15, -0.1) is 0 Å². The molecule has 9 nitrogen and oxygen atoms in total. The Hall–Kier alpha value is -3.10. The maximum atomic E-state index is 12.0. The van der Waals surface area contributed by atoms with Gasteiger partial charge in [0, 0.05) is 6.54 Å². The van der Waals surface area contributed by atoms with Crippen molar-refractivity contribution in [3.05, 3.63) is 24.3 Å². The predicted molar refractivity (Wildman–Crippen MR) is 85.0 cm³/mol. The molecule has 0 bridgehead atoms. The predicted octanol–water partition coefficient (Wildman–Crippen LogP) is 0.616. The highest BCUT2D eigenvalue weighted by atomic mass is 16.6. The van der Waals surface area contributed by atoms with Gasteiger partial charge in [-0.25, -0.2) is 4.79 Å². The van der Waals surface area contributed by atoms with Gasteiger partial charge in [-0.1, -0.05) is 12.1 Å². The quantitative estimate of drug-likeness (QED) is 0.775. The highest BCUT2D eigenvalue weighted by molar-refractivity contribution is 5.98. The number of anilines is 1. The Balaban J connectivity index is 1.89. The number of ether oxygens (including phenoxy) is 3. The zero-order chi connectivity index (χ0) is 18.4. The normalized spacial score (nSPS) is 14.0. The molecule has 0 radical (unpaired) electrons. The number of amides is 3. The van der Waals surface area contributed by atoms with Gasteiger partial charge in [-0.05, 0) is 19.1 Å². The number of methoxy groups -OCH3 is 1. The summed E-state index contributed by atoms with van der Waals surface area (Å²) in [5.41, 5.74) is 0.572. The highest BCUT2D eigenvalue weighted by Gasteiger charge is 2.26. The number of carbonyl (C=O) groups excluding carboxylic acids is 4. The number of para-hydroxylation sites is 2. The Morgan fingerprint density at radius 2 is 2.04 bits per heavy atom. The summed E-state index contributed by atoms with van der Waals surface area (Å²) in [4.78, 5) is 47.9. The number of alkyl carbamates (subject to hydrolysis) is 1. The van der Waals surface area contributed by atoms with E-state index in [9.17, 15) is 19.2 Å². The molecule has 9 heteroatoms. The summed E-state index contributed by atoms with van der Waals surface area (Å²) in [6, 6.07) is 6.98. The van der Waals surface area contributed by atoms with Crippen LogP contribution in [0.2, 0.25) is 0 Å². The van der Waals surface area contributed by atoms with E-state index in [1.165, 1.54) is 11.8 Å². The molecule has 1 aromatic carbocycles. The summed E-state index contributed by atoms with van der Waals surface area (Å²) >= 11 is 0. The fraction of sp³-hybridized carbons (Fsp3) is 0.375. The van der Waals surface area contributed by atoms with E-state index in [1.54, 1.807) is 24.3 Å². The third-order valence-electron chi connectivity index (χ3n) is 3.44. The lowest BCUT2D eigenvalue weighted by atomic mass is 10.2. The number of hydrogen-bond donors (Lipinski definition) is 1. The van der Waals surface area contributed by atoms with E-state index in [4.69, 9.17) is 9.47 Å². The van der Waals surface area contributed by atoms with Crippen LogP contribution < -0.4 is 15.0 Å². The molecule has 1 aromatic rings. The first-order valence-electron chi connectivity index (χ1n) is 7.53. The van der Waals surface area contributed by atoms with Gasteiger partial charge in [0.1, 0.15) is 5.75 Å². The third kappa shape index (κ3) is 4.69. The lowest BCUT2D eigenvalue weighted by Gasteiger charge is -2.29. The number of hydrogen-bond acceptors (Lipinski definition) is 7. The smallest absolute Gasteiger partial charge is 0.413 e. The summed E-state index contributed by atoms with van der Waals surface area (Å²) in [6.45, 7) is 1.30. The molecule has 0 aromatic heterocycles. The molecular weight excluding hydrogens is 332 g/mol. The molecule has 1 aliphatic rings. The highest BCUT2D eigenvalue weighted by Crippen LogP contribution is 2.31. The van der Waals surface area contributed by atoms with E-state index in [1.807, 2.05) is 5.32 Å². The lowest BCUT2D eigenvalue weighted by molar-refractivity contribution is -0.154. The van der Waals surface area contributed by atoms with Crippen molar-refractivity contribution >= 4 is 29.6 Å². The van der Waals surface area contributed by atoms with Gasteiger partial charge in [-0.2, -0.15) is 0 Å². The monoisotopic (exact) mass is 350 g/mol. The van der Waals surface area contributed by atoms with Crippen LogP contribution in [0.25, 0.3) is 0 Å². The number of rotatable bonds is 5. The van der Waals surface area contributed by atoms with Crippen molar-refractivity contribution in [3.8, 4) is 5.75 Å². The van der Waals surface area contributed by atoms with E-state index in [2.05, 4.69) is 4.74 Å². The largest absolute Gasteiger partial charge is 0.482 e. The van der Waals surface area contributed by atoms with Crippen molar-refractivity contribution < 1.29 is 33.4 Å². The fourth-order valence-electron chi connectivity index (χ4n) is 2.17. The average Bonchev–Trinajstić information content (AvgIpc) is 2.60. The molecule has 25 heavy (non-hydrogen) atoms. The van der Waals surface area contributed by atoms with E-state index in [0.717, 1.165) is 7.11 Å². The number of benzene rings is 1. The second-order valence-corrected chi connectivity index (χ2v) is 5.16. The number of carbonyl (C=O) groups is 4. The second kappa shape index (κ2) is 8.13. The number of fused-ring (bicyclic) bond motifs is 1. The van der Waals surface area contributed by atoms with Crippen molar-refractivity contribution in [1.82, 2.24) is 5.32 Å². The van der Waals surface area contributed by atoms with Crippen LogP contribution in [0.5, 0.6) is 5.75 Å². The number of nitrogens with one attached hydrogen (secondary N) is 1. The maximum Gasteiger partial charge on any atom is 0.413 e. The molecule has 1 heterocycles. The summed E-state index contributed by atoms with van der Waals surface area (Å²) in [6.07, 6.45) is -2.22. The molecule has 0 saturated carbocycles. The van der Waals surface area contributed by atoms with Crippen LogP contribution in [0.3, 0.4) is 0 Å². The van der Waals surface area contributed by atoms with Crippen LogP contribution in [0.1, 0.15) is 13.3 Å². The Morgan fingerprint density at radius 3 is 2.76 bits per heavy atom. The number of esters is 1. The Morgan fingerprint density at radius 1 is 1.32 bits per heavy atom. The van der Waals surface area contributed by atoms with Gasteiger partial charge in [0.15, 0.2) is 12.7 Å². The molecule has 0 fully saturated rings. The van der Waals surface area contributed by atoms with Gasteiger partial charge in [-0.3, -0.25) is 19.7 Å². The van der Waals surface area contributed by atoms with Crippen molar-refractivity contribution in [2.45, 2.75) is 19.4 Å². The van der Waals surface area contributed by atoms with Crippen molar-refractivity contribution in [3.63, 3.8) is 0 Å². The van der Waals surface area contributed by atoms with Gasteiger partial charge < -0.3 is 19.1 Å². The first kappa shape index (κ1) is 18.2. The molecule has 1 N–H and O–H groups in total. The zero-order valence-corrected chi connectivity index (χ0v) is 13.8. The minimum atomic E-state index is -1.17. The summed E-state index contributed by atoms with van der Waals surface area (Å²) in [5.74, 6) is -1.19. The SMILES string of the molecule is COC(=O)NC(=O)[C@@H](C)OC(=O)CCN1C(=O)COc2ccccc21. The van der Waals surface area contributed by atoms with Crippen LogP contribution in [-0.4, -0.2) is 50.2 Å². The van der Waals surface area contributed by atoms with Gasteiger partial charge in [0.2, 0.25) is 0 Å². The van der Waals surface area contributed by atoms with Crippen molar-refractivity contribution in [2.24, 2.45) is 0 Å². The maximum absolute atomic E-state index is 12.0. The molecule has 0 saturated heterocycles. The molecule has 1 atom stereocenters. The van der Waals surface area contributed by atoms with Crippen LogP contribution >= 0.6 is 0 Å². The molecule has 0 unspecified atom stereocenters. The van der Waals surface area contributed by atoms with Gasteiger partial charge in [0.05, 0.1) is 19.2 Å². The summed E-state index contributed by atoms with van der Waals surface area (Å²) in [7, 11) is 1.11. The molecule has 0 spiro atoms. The third-order valence-corrected chi connectivity index (χ3v) is 3.44. The van der Waals surface area contributed by atoms with Crippen LogP contribution in [0, 0.1) is 0 Å².